The number of aromatic nitrogens is 2. The SMILES string of the molecule is CC(C)c1nnsc1CN1CCC2(CCC(=O)N(CC3CCCO3)C2)CC1. The Balaban J connectivity index is 1.33. The minimum absolute atomic E-state index is 0.262. The number of carbonyl (C=O) groups excluding carboxylic acids is 1. The minimum atomic E-state index is 0.262. The molecule has 0 aromatic carbocycles. The molecule has 0 saturated carbocycles. The molecule has 1 aromatic heterocycles. The molecular formula is C20H32N4O2S. The molecule has 1 unspecified atom stereocenters. The van der Waals surface area contributed by atoms with Crippen LogP contribution in [0.25, 0.3) is 0 Å². The topological polar surface area (TPSA) is 58.6 Å². The van der Waals surface area contributed by atoms with Crippen molar-refractivity contribution >= 4 is 17.4 Å². The second kappa shape index (κ2) is 8.13. The Hall–Kier alpha value is -1.05. The number of carbonyl (C=O) groups is 1. The summed E-state index contributed by atoms with van der Waals surface area (Å²) in [5.74, 6) is 0.765. The van der Waals surface area contributed by atoms with Gasteiger partial charge in [-0.2, -0.15) is 0 Å². The molecule has 3 aliphatic rings. The van der Waals surface area contributed by atoms with Crippen molar-refractivity contribution in [2.75, 3.05) is 32.8 Å². The molecule has 3 saturated heterocycles. The number of piperidine rings is 2. The van der Waals surface area contributed by atoms with Crippen molar-refractivity contribution in [2.24, 2.45) is 5.41 Å². The van der Waals surface area contributed by atoms with Crippen molar-refractivity contribution < 1.29 is 9.53 Å². The maximum atomic E-state index is 12.4. The normalized spacial score (nSPS) is 26.4. The van der Waals surface area contributed by atoms with Crippen LogP contribution in [0, 0.1) is 5.41 Å². The fraction of sp³-hybridized carbons (Fsp3) is 0.850. The highest BCUT2D eigenvalue weighted by atomic mass is 32.1. The average Bonchev–Trinajstić information content (AvgIpc) is 3.32. The monoisotopic (exact) mass is 392 g/mol. The summed E-state index contributed by atoms with van der Waals surface area (Å²) < 4.78 is 9.94. The van der Waals surface area contributed by atoms with Crippen LogP contribution in [-0.2, 0) is 16.1 Å². The Morgan fingerprint density at radius 1 is 1.30 bits per heavy atom. The molecular weight excluding hydrogens is 360 g/mol. The van der Waals surface area contributed by atoms with E-state index in [9.17, 15) is 4.79 Å². The maximum Gasteiger partial charge on any atom is 0.222 e. The third-order valence-corrected chi connectivity index (χ3v) is 7.33. The number of rotatable bonds is 5. The Morgan fingerprint density at radius 3 is 2.81 bits per heavy atom. The number of ether oxygens (including phenoxy) is 1. The van der Waals surface area contributed by atoms with Gasteiger partial charge < -0.3 is 9.64 Å². The number of amides is 1. The molecule has 0 aliphatic carbocycles. The lowest BCUT2D eigenvalue weighted by molar-refractivity contribution is -0.141. The van der Waals surface area contributed by atoms with E-state index in [0.29, 0.717) is 23.7 Å². The first kappa shape index (κ1) is 19.3. The van der Waals surface area contributed by atoms with Crippen molar-refractivity contribution in [1.82, 2.24) is 19.4 Å². The first-order valence-electron chi connectivity index (χ1n) is 10.5. The molecule has 1 atom stereocenters. The van der Waals surface area contributed by atoms with Crippen molar-refractivity contribution in [3.8, 4) is 0 Å². The van der Waals surface area contributed by atoms with E-state index in [1.54, 1.807) is 11.5 Å². The van der Waals surface area contributed by atoms with Gasteiger partial charge in [-0.3, -0.25) is 9.69 Å². The number of nitrogens with zero attached hydrogens (tertiary/aromatic N) is 4. The van der Waals surface area contributed by atoms with Crippen LogP contribution in [0.3, 0.4) is 0 Å². The van der Waals surface area contributed by atoms with Gasteiger partial charge >= 0.3 is 0 Å². The van der Waals surface area contributed by atoms with E-state index in [1.165, 1.54) is 17.7 Å². The standard InChI is InChI=1S/C20H32N4O2S/c1-15(2)19-17(27-22-21-19)13-23-9-7-20(8-10-23)6-5-18(25)24(14-20)12-16-4-3-11-26-16/h15-16H,3-14H2,1-2H3. The summed E-state index contributed by atoms with van der Waals surface area (Å²) in [6, 6.07) is 0. The average molecular weight is 393 g/mol. The summed E-state index contributed by atoms with van der Waals surface area (Å²) in [5.41, 5.74) is 1.47. The van der Waals surface area contributed by atoms with E-state index in [2.05, 4.69) is 33.2 Å². The molecule has 4 heterocycles. The zero-order valence-electron chi connectivity index (χ0n) is 16.7. The fourth-order valence-corrected chi connectivity index (χ4v) is 5.70. The summed E-state index contributed by atoms with van der Waals surface area (Å²) in [4.78, 5) is 18.4. The minimum Gasteiger partial charge on any atom is -0.376 e. The van der Waals surface area contributed by atoms with Crippen molar-refractivity contribution in [3.05, 3.63) is 10.6 Å². The summed E-state index contributed by atoms with van der Waals surface area (Å²) in [6.07, 6.45) is 6.64. The molecule has 0 bridgehead atoms. The van der Waals surface area contributed by atoms with E-state index in [0.717, 1.165) is 64.3 Å². The fourth-order valence-electron chi connectivity index (χ4n) is 4.86. The van der Waals surface area contributed by atoms with Crippen LogP contribution < -0.4 is 0 Å². The largest absolute Gasteiger partial charge is 0.376 e. The van der Waals surface area contributed by atoms with Crippen molar-refractivity contribution in [3.63, 3.8) is 0 Å². The molecule has 150 valence electrons. The summed E-state index contributed by atoms with van der Waals surface area (Å²) >= 11 is 1.55. The molecule has 0 radical (unpaired) electrons. The van der Waals surface area contributed by atoms with Gasteiger partial charge in [0.05, 0.1) is 16.7 Å². The number of likely N-dealkylation sites (tertiary alicyclic amines) is 2. The lowest BCUT2D eigenvalue weighted by Crippen LogP contribution is -2.52. The highest BCUT2D eigenvalue weighted by Crippen LogP contribution is 2.41. The van der Waals surface area contributed by atoms with Crippen LogP contribution in [0.5, 0.6) is 0 Å². The van der Waals surface area contributed by atoms with Gasteiger partial charge in [0.2, 0.25) is 5.91 Å². The van der Waals surface area contributed by atoms with Crippen LogP contribution in [0.1, 0.15) is 68.9 Å². The van der Waals surface area contributed by atoms with Gasteiger partial charge in [-0.25, -0.2) is 0 Å². The van der Waals surface area contributed by atoms with Gasteiger partial charge in [0, 0.05) is 32.7 Å². The van der Waals surface area contributed by atoms with Crippen LogP contribution >= 0.6 is 11.5 Å². The van der Waals surface area contributed by atoms with Crippen molar-refractivity contribution in [2.45, 2.75) is 70.9 Å². The van der Waals surface area contributed by atoms with Gasteiger partial charge in [0.1, 0.15) is 0 Å². The molecule has 3 fully saturated rings. The summed E-state index contributed by atoms with van der Waals surface area (Å²) in [5, 5.41) is 4.32. The zero-order valence-corrected chi connectivity index (χ0v) is 17.5. The number of hydrogen-bond donors (Lipinski definition) is 0. The summed E-state index contributed by atoms with van der Waals surface area (Å²) in [6.45, 7) is 10.2. The van der Waals surface area contributed by atoms with Gasteiger partial charge in [-0.15, -0.1) is 5.10 Å². The Labute approximate surface area is 166 Å². The Kier molecular flexibility index (Phi) is 5.81. The van der Waals surface area contributed by atoms with Crippen LogP contribution in [-0.4, -0.2) is 64.2 Å². The highest BCUT2D eigenvalue weighted by molar-refractivity contribution is 7.05. The zero-order chi connectivity index (χ0) is 18.9. The molecule has 1 aromatic rings. The molecule has 6 nitrogen and oxygen atoms in total. The predicted octanol–water partition coefficient (Wildman–Crippen LogP) is 3.05. The second-order valence-electron chi connectivity index (χ2n) is 8.92. The maximum absolute atomic E-state index is 12.4. The van der Waals surface area contributed by atoms with Crippen LogP contribution in [0.4, 0.5) is 0 Å². The van der Waals surface area contributed by atoms with Gasteiger partial charge in [-0.05, 0) is 68.1 Å². The molecule has 3 aliphatic heterocycles. The molecule has 27 heavy (non-hydrogen) atoms. The van der Waals surface area contributed by atoms with E-state index in [-0.39, 0.29) is 6.10 Å². The van der Waals surface area contributed by atoms with Gasteiger partial charge in [-0.1, -0.05) is 18.3 Å². The first-order chi connectivity index (χ1) is 13.0. The molecule has 1 spiro atoms. The van der Waals surface area contributed by atoms with E-state index in [1.807, 2.05) is 0 Å². The lowest BCUT2D eigenvalue weighted by Gasteiger charge is -2.47. The van der Waals surface area contributed by atoms with Crippen LogP contribution in [0.15, 0.2) is 0 Å². The Morgan fingerprint density at radius 2 is 2.11 bits per heavy atom. The molecule has 1 amide bonds. The third-order valence-electron chi connectivity index (χ3n) is 6.61. The lowest BCUT2D eigenvalue weighted by atomic mass is 9.72. The molecule has 0 N–H and O–H groups in total. The Bertz CT molecular complexity index is 648. The van der Waals surface area contributed by atoms with E-state index in [4.69, 9.17) is 4.74 Å². The molecule has 7 heteroatoms. The third kappa shape index (κ3) is 4.35. The second-order valence-corrected chi connectivity index (χ2v) is 9.76. The number of hydrogen-bond acceptors (Lipinski definition) is 6. The quantitative estimate of drug-likeness (QED) is 0.771. The van der Waals surface area contributed by atoms with Crippen molar-refractivity contribution in [1.29, 1.82) is 0 Å². The van der Waals surface area contributed by atoms with E-state index < -0.39 is 0 Å². The first-order valence-corrected chi connectivity index (χ1v) is 11.2. The summed E-state index contributed by atoms with van der Waals surface area (Å²) in [7, 11) is 0. The highest BCUT2D eigenvalue weighted by Gasteiger charge is 2.41. The van der Waals surface area contributed by atoms with Gasteiger partial charge in [0.25, 0.3) is 0 Å². The predicted molar refractivity (Wildman–Crippen MR) is 106 cm³/mol. The van der Waals surface area contributed by atoms with E-state index >= 15 is 0 Å². The van der Waals surface area contributed by atoms with Gasteiger partial charge in [0.15, 0.2) is 0 Å². The smallest absolute Gasteiger partial charge is 0.222 e. The molecule has 4 rings (SSSR count). The van der Waals surface area contributed by atoms with Crippen LogP contribution in [0.2, 0.25) is 0 Å².